The van der Waals surface area contributed by atoms with Gasteiger partial charge >= 0.3 is 6.18 Å². The number of nitrogens with one attached hydrogen (secondary N) is 1. The van der Waals surface area contributed by atoms with Gasteiger partial charge in [-0.1, -0.05) is 30.3 Å². The molecule has 0 amide bonds. The largest absolute Gasteiger partial charge is 0.389 e. The first-order valence-electron chi connectivity index (χ1n) is 6.58. The van der Waals surface area contributed by atoms with Crippen LogP contribution in [-0.2, 0) is 6.42 Å². The average molecular weight is 274 g/mol. The third-order valence-electron chi connectivity index (χ3n) is 3.11. The Morgan fingerprint density at radius 1 is 1.05 bits per heavy atom. The summed E-state index contributed by atoms with van der Waals surface area (Å²) in [6.45, 7) is 0. The Kier molecular flexibility index (Phi) is 6.87. The van der Waals surface area contributed by atoms with Gasteiger partial charge in [0.1, 0.15) is 0 Å². The number of hydrogen-bond acceptors (Lipinski definition) is 2. The van der Waals surface area contributed by atoms with Crippen LogP contribution >= 0.6 is 0 Å². The van der Waals surface area contributed by atoms with Crippen LogP contribution in [-0.4, -0.2) is 12.2 Å². The molecule has 1 rings (SSSR count). The number of rotatable bonds is 8. The first-order chi connectivity index (χ1) is 9.01. The Morgan fingerprint density at radius 3 is 2.26 bits per heavy atom. The van der Waals surface area contributed by atoms with Crippen molar-refractivity contribution in [2.75, 3.05) is 0 Å². The molecule has 5 heteroatoms. The number of benzene rings is 1. The quantitative estimate of drug-likeness (QED) is 0.562. The molecule has 0 aliphatic heterocycles. The van der Waals surface area contributed by atoms with Gasteiger partial charge in [0.05, 0.1) is 0 Å². The standard InChI is InChI=1S/C14H21F3N2/c15-14(16,17)11-5-10-13(19-18)9-4-8-12-6-2-1-3-7-12/h1-3,6-7,13,19H,4-5,8-11,18H2. The fraction of sp³-hybridized carbons (Fsp3) is 0.571. The third-order valence-corrected chi connectivity index (χ3v) is 3.11. The van der Waals surface area contributed by atoms with Crippen molar-refractivity contribution < 1.29 is 13.2 Å². The van der Waals surface area contributed by atoms with Crippen LogP contribution in [0.3, 0.4) is 0 Å². The van der Waals surface area contributed by atoms with Crippen molar-refractivity contribution in [3.63, 3.8) is 0 Å². The van der Waals surface area contributed by atoms with E-state index in [9.17, 15) is 13.2 Å². The number of halogens is 3. The molecule has 1 unspecified atom stereocenters. The van der Waals surface area contributed by atoms with Gasteiger partial charge in [0.15, 0.2) is 0 Å². The molecule has 1 aromatic carbocycles. The van der Waals surface area contributed by atoms with Gasteiger partial charge in [0, 0.05) is 12.5 Å². The molecule has 0 radical (unpaired) electrons. The maximum atomic E-state index is 12.0. The number of alkyl halides is 3. The SMILES string of the molecule is NNC(CCCc1ccccc1)CCCC(F)(F)F. The second-order valence-corrected chi connectivity index (χ2v) is 4.75. The lowest BCUT2D eigenvalue weighted by atomic mass is 10.0. The summed E-state index contributed by atoms with van der Waals surface area (Å²) in [7, 11) is 0. The van der Waals surface area contributed by atoms with Gasteiger partial charge < -0.3 is 0 Å². The van der Waals surface area contributed by atoms with Gasteiger partial charge in [-0.25, -0.2) is 0 Å². The first kappa shape index (κ1) is 16.0. The Balaban J connectivity index is 2.18. The van der Waals surface area contributed by atoms with Gasteiger partial charge in [-0.15, -0.1) is 0 Å². The van der Waals surface area contributed by atoms with Gasteiger partial charge in [0.2, 0.25) is 0 Å². The lowest BCUT2D eigenvalue weighted by Gasteiger charge is -2.16. The van der Waals surface area contributed by atoms with Crippen LogP contribution in [0, 0.1) is 0 Å². The van der Waals surface area contributed by atoms with Crippen LogP contribution in [0.1, 0.15) is 37.7 Å². The van der Waals surface area contributed by atoms with Gasteiger partial charge in [0.25, 0.3) is 0 Å². The molecule has 0 saturated carbocycles. The molecule has 0 aliphatic rings. The van der Waals surface area contributed by atoms with E-state index in [1.165, 1.54) is 5.56 Å². The van der Waals surface area contributed by atoms with Crippen molar-refractivity contribution in [1.29, 1.82) is 0 Å². The van der Waals surface area contributed by atoms with Crippen LogP contribution in [0.25, 0.3) is 0 Å². The molecule has 0 spiro atoms. The van der Waals surface area contributed by atoms with E-state index in [1.54, 1.807) is 0 Å². The zero-order valence-electron chi connectivity index (χ0n) is 10.9. The van der Waals surface area contributed by atoms with Gasteiger partial charge in [-0.3, -0.25) is 11.3 Å². The minimum absolute atomic E-state index is 0.0361. The Hall–Kier alpha value is -1.07. The minimum atomic E-state index is -4.07. The fourth-order valence-corrected chi connectivity index (χ4v) is 2.06. The fourth-order valence-electron chi connectivity index (χ4n) is 2.06. The second-order valence-electron chi connectivity index (χ2n) is 4.75. The first-order valence-corrected chi connectivity index (χ1v) is 6.58. The molecule has 0 heterocycles. The van der Waals surface area contributed by atoms with Gasteiger partial charge in [-0.05, 0) is 37.7 Å². The zero-order chi connectivity index (χ0) is 14.1. The highest BCUT2D eigenvalue weighted by Crippen LogP contribution is 2.23. The van der Waals surface area contributed by atoms with E-state index in [1.807, 2.05) is 18.2 Å². The Labute approximate surface area is 112 Å². The summed E-state index contributed by atoms with van der Waals surface area (Å²) in [6.07, 6.45) is -1.56. The van der Waals surface area contributed by atoms with Crippen LogP contribution in [0.4, 0.5) is 13.2 Å². The molecule has 19 heavy (non-hydrogen) atoms. The highest BCUT2D eigenvalue weighted by atomic mass is 19.4. The summed E-state index contributed by atoms with van der Waals surface area (Å²) in [5, 5.41) is 0. The number of aryl methyl sites for hydroxylation is 1. The molecular formula is C14H21F3N2. The molecule has 3 N–H and O–H groups in total. The lowest BCUT2D eigenvalue weighted by molar-refractivity contribution is -0.135. The monoisotopic (exact) mass is 274 g/mol. The number of nitrogens with two attached hydrogens (primary N) is 1. The zero-order valence-corrected chi connectivity index (χ0v) is 10.9. The lowest BCUT2D eigenvalue weighted by Crippen LogP contribution is -2.35. The number of hydrogen-bond donors (Lipinski definition) is 2. The van der Waals surface area contributed by atoms with E-state index >= 15 is 0 Å². The van der Waals surface area contributed by atoms with Crippen molar-refractivity contribution in [1.82, 2.24) is 5.43 Å². The molecule has 0 saturated heterocycles. The van der Waals surface area contributed by atoms with Crippen LogP contribution in [0.2, 0.25) is 0 Å². The normalized spacial score (nSPS) is 13.5. The van der Waals surface area contributed by atoms with E-state index in [-0.39, 0.29) is 12.5 Å². The molecule has 0 aliphatic carbocycles. The summed E-state index contributed by atoms with van der Waals surface area (Å²) < 4.78 is 36.1. The number of hydrazine groups is 1. The maximum absolute atomic E-state index is 12.0. The molecule has 0 fully saturated rings. The predicted octanol–water partition coefficient (Wildman–Crippen LogP) is 3.57. The van der Waals surface area contributed by atoms with E-state index in [4.69, 9.17) is 5.84 Å². The van der Waals surface area contributed by atoms with Crippen LogP contribution in [0.15, 0.2) is 30.3 Å². The van der Waals surface area contributed by atoms with Crippen molar-refractivity contribution in [2.45, 2.75) is 50.7 Å². The molecule has 1 aromatic rings. The maximum Gasteiger partial charge on any atom is 0.389 e. The molecule has 2 nitrogen and oxygen atoms in total. The molecular weight excluding hydrogens is 253 g/mol. The second kappa shape index (κ2) is 8.17. The molecule has 0 aromatic heterocycles. The average Bonchev–Trinajstić information content (AvgIpc) is 2.37. The summed E-state index contributed by atoms with van der Waals surface area (Å²) in [5.41, 5.74) is 3.85. The van der Waals surface area contributed by atoms with Crippen LogP contribution in [0.5, 0.6) is 0 Å². The van der Waals surface area contributed by atoms with E-state index < -0.39 is 12.6 Å². The summed E-state index contributed by atoms with van der Waals surface area (Å²) in [5.74, 6) is 5.37. The molecule has 0 bridgehead atoms. The van der Waals surface area contributed by atoms with Crippen molar-refractivity contribution in [3.8, 4) is 0 Å². The highest BCUT2D eigenvalue weighted by Gasteiger charge is 2.26. The van der Waals surface area contributed by atoms with E-state index in [2.05, 4.69) is 17.6 Å². The van der Waals surface area contributed by atoms with Crippen molar-refractivity contribution >= 4 is 0 Å². The molecule has 1 atom stereocenters. The summed E-state index contributed by atoms with van der Waals surface area (Å²) >= 11 is 0. The smallest absolute Gasteiger partial charge is 0.271 e. The van der Waals surface area contributed by atoms with Crippen LogP contribution < -0.4 is 11.3 Å². The highest BCUT2D eigenvalue weighted by molar-refractivity contribution is 5.14. The summed E-state index contributed by atoms with van der Waals surface area (Å²) in [6, 6.07) is 9.99. The van der Waals surface area contributed by atoms with Crippen molar-refractivity contribution in [2.24, 2.45) is 5.84 Å². The molecule has 108 valence electrons. The Morgan fingerprint density at radius 2 is 1.68 bits per heavy atom. The summed E-state index contributed by atoms with van der Waals surface area (Å²) in [4.78, 5) is 0. The minimum Gasteiger partial charge on any atom is -0.271 e. The van der Waals surface area contributed by atoms with Gasteiger partial charge in [-0.2, -0.15) is 13.2 Å². The third kappa shape index (κ3) is 7.85. The topological polar surface area (TPSA) is 38.0 Å². The predicted molar refractivity (Wildman–Crippen MR) is 70.4 cm³/mol. The van der Waals surface area contributed by atoms with E-state index in [0.29, 0.717) is 6.42 Å². The van der Waals surface area contributed by atoms with Crippen molar-refractivity contribution in [3.05, 3.63) is 35.9 Å². The van der Waals surface area contributed by atoms with E-state index in [0.717, 1.165) is 19.3 Å². The Bertz CT molecular complexity index is 338.